The Hall–Kier alpha value is -2.74. The van der Waals surface area contributed by atoms with Gasteiger partial charge in [-0.1, -0.05) is 64.0 Å². The fourth-order valence-electron chi connectivity index (χ4n) is 3.53. The van der Waals surface area contributed by atoms with Crippen LogP contribution in [0.2, 0.25) is 0 Å². The summed E-state index contributed by atoms with van der Waals surface area (Å²) < 4.78 is 13.1. The van der Waals surface area contributed by atoms with Crippen LogP contribution in [0.1, 0.15) is 87.1 Å². The fraction of sp³-hybridized carbons (Fsp3) is 0.577. The number of benzene rings is 1. The minimum atomic E-state index is -0.303. The summed E-state index contributed by atoms with van der Waals surface area (Å²) in [6, 6.07) is 6.05. The lowest BCUT2D eigenvalue weighted by molar-refractivity contribution is 0.0951. The standard InChI is InChI=1S/C26H40FN5O2/c1-2-3-16-28-24-23(25(34)30-19-21-12-14-22(27)15-13-21)20-31-26(32-24)29-17-10-8-6-4-5-7-9-11-18-33/h12-15,20,33H,2-11,16-19H2,1H3,(H,30,34)(H2,28,29,31,32). The molecule has 2 rings (SSSR count). The van der Waals surface area contributed by atoms with Crippen LogP contribution in [0.4, 0.5) is 16.2 Å². The highest BCUT2D eigenvalue weighted by Crippen LogP contribution is 2.15. The zero-order valence-corrected chi connectivity index (χ0v) is 20.4. The third-order valence-electron chi connectivity index (χ3n) is 5.59. The first-order chi connectivity index (χ1) is 16.6. The van der Waals surface area contributed by atoms with Crippen molar-refractivity contribution in [2.24, 2.45) is 0 Å². The molecule has 0 aliphatic rings. The summed E-state index contributed by atoms with van der Waals surface area (Å²) in [5, 5.41) is 18.2. The lowest BCUT2D eigenvalue weighted by atomic mass is 10.1. The van der Waals surface area contributed by atoms with Crippen molar-refractivity contribution in [3.05, 3.63) is 47.4 Å². The molecule has 0 saturated carbocycles. The number of carbonyl (C=O) groups is 1. The highest BCUT2D eigenvalue weighted by molar-refractivity contribution is 5.98. The average molecular weight is 474 g/mol. The normalized spacial score (nSPS) is 10.8. The van der Waals surface area contributed by atoms with E-state index in [4.69, 9.17) is 5.11 Å². The first kappa shape index (κ1) is 27.5. The van der Waals surface area contributed by atoms with E-state index in [2.05, 4.69) is 32.8 Å². The molecular weight excluding hydrogens is 433 g/mol. The number of aromatic nitrogens is 2. The van der Waals surface area contributed by atoms with Crippen LogP contribution in [0.3, 0.4) is 0 Å². The number of rotatable bonds is 18. The first-order valence-electron chi connectivity index (χ1n) is 12.6. The molecule has 0 unspecified atom stereocenters. The van der Waals surface area contributed by atoms with Crippen molar-refractivity contribution in [1.82, 2.24) is 15.3 Å². The van der Waals surface area contributed by atoms with Gasteiger partial charge >= 0.3 is 0 Å². The second-order valence-corrected chi connectivity index (χ2v) is 8.52. The van der Waals surface area contributed by atoms with Gasteiger partial charge in [0, 0.05) is 32.4 Å². The highest BCUT2D eigenvalue weighted by Gasteiger charge is 2.14. The molecule has 2 aromatic rings. The van der Waals surface area contributed by atoms with Crippen molar-refractivity contribution < 1.29 is 14.3 Å². The molecule has 7 nitrogen and oxygen atoms in total. The van der Waals surface area contributed by atoms with E-state index in [-0.39, 0.29) is 11.7 Å². The van der Waals surface area contributed by atoms with E-state index in [9.17, 15) is 9.18 Å². The van der Waals surface area contributed by atoms with Crippen molar-refractivity contribution >= 4 is 17.7 Å². The number of nitrogens with zero attached hydrogens (tertiary/aromatic N) is 2. The van der Waals surface area contributed by atoms with Crippen LogP contribution in [-0.2, 0) is 6.54 Å². The summed E-state index contributed by atoms with van der Waals surface area (Å²) in [6.07, 6.45) is 12.7. The molecule has 1 aromatic carbocycles. The van der Waals surface area contributed by atoms with Gasteiger partial charge < -0.3 is 21.1 Å². The molecule has 0 saturated heterocycles. The molecule has 0 bridgehead atoms. The summed E-state index contributed by atoms with van der Waals surface area (Å²) in [7, 11) is 0. The summed E-state index contributed by atoms with van der Waals surface area (Å²) in [5.41, 5.74) is 1.21. The molecule has 1 aromatic heterocycles. The number of hydrogen-bond donors (Lipinski definition) is 4. The molecule has 0 aliphatic heterocycles. The van der Waals surface area contributed by atoms with E-state index in [0.717, 1.165) is 57.2 Å². The van der Waals surface area contributed by atoms with Crippen molar-refractivity contribution in [2.75, 3.05) is 30.3 Å². The predicted molar refractivity (Wildman–Crippen MR) is 136 cm³/mol. The van der Waals surface area contributed by atoms with Gasteiger partial charge in [-0.15, -0.1) is 0 Å². The molecule has 0 aliphatic carbocycles. The molecule has 1 heterocycles. The number of nitrogens with one attached hydrogen (secondary N) is 3. The van der Waals surface area contributed by atoms with Crippen molar-refractivity contribution in [3.63, 3.8) is 0 Å². The number of aliphatic hydroxyl groups excluding tert-OH is 1. The molecule has 1 amide bonds. The quantitative estimate of drug-likeness (QED) is 0.220. The second kappa shape index (κ2) is 16.8. The number of amides is 1. The Labute approximate surface area is 203 Å². The minimum Gasteiger partial charge on any atom is -0.396 e. The van der Waals surface area contributed by atoms with Gasteiger partial charge in [0.15, 0.2) is 0 Å². The van der Waals surface area contributed by atoms with E-state index in [1.54, 1.807) is 18.3 Å². The van der Waals surface area contributed by atoms with Crippen molar-refractivity contribution in [1.29, 1.82) is 0 Å². The number of carbonyl (C=O) groups excluding carboxylic acids is 1. The maximum atomic E-state index is 13.1. The van der Waals surface area contributed by atoms with E-state index in [1.165, 1.54) is 37.8 Å². The predicted octanol–water partition coefficient (Wildman–Crippen LogP) is 5.28. The third kappa shape index (κ3) is 10.9. The molecule has 34 heavy (non-hydrogen) atoms. The third-order valence-corrected chi connectivity index (χ3v) is 5.59. The Morgan fingerprint density at radius 1 is 0.912 bits per heavy atom. The molecule has 8 heteroatoms. The van der Waals surface area contributed by atoms with E-state index in [0.29, 0.717) is 30.5 Å². The van der Waals surface area contributed by atoms with Gasteiger partial charge in [0.2, 0.25) is 5.95 Å². The Bertz CT molecular complexity index is 832. The Kier molecular flexibility index (Phi) is 13.6. The summed E-state index contributed by atoms with van der Waals surface area (Å²) >= 11 is 0. The van der Waals surface area contributed by atoms with E-state index in [1.807, 2.05) is 0 Å². The Balaban J connectivity index is 1.82. The van der Waals surface area contributed by atoms with Crippen LogP contribution in [0, 0.1) is 5.82 Å². The van der Waals surface area contributed by atoms with Crippen LogP contribution in [0.5, 0.6) is 0 Å². The largest absolute Gasteiger partial charge is 0.396 e. The molecule has 0 atom stereocenters. The fourth-order valence-corrected chi connectivity index (χ4v) is 3.53. The average Bonchev–Trinajstić information content (AvgIpc) is 2.85. The number of halogens is 1. The Morgan fingerprint density at radius 2 is 1.56 bits per heavy atom. The molecular formula is C26H40FN5O2. The van der Waals surface area contributed by atoms with E-state index < -0.39 is 0 Å². The van der Waals surface area contributed by atoms with Crippen LogP contribution in [0.15, 0.2) is 30.5 Å². The summed E-state index contributed by atoms with van der Waals surface area (Å²) in [5.74, 6) is 0.459. The first-order valence-corrected chi connectivity index (χ1v) is 12.6. The van der Waals surface area contributed by atoms with Crippen LogP contribution < -0.4 is 16.0 Å². The van der Waals surface area contributed by atoms with Crippen LogP contribution >= 0.6 is 0 Å². The molecule has 4 N–H and O–H groups in total. The highest BCUT2D eigenvalue weighted by atomic mass is 19.1. The molecule has 0 spiro atoms. The van der Waals surface area contributed by atoms with Gasteiger partial charge in [-0.25, -0.2) is 9.37 Å². The molecule has 0 fully saturated rings. The van der Waals surface area contributed by atoms with Crippen LogP contribution in [0.25, 0.3) is 0 Å². The monoisotopic (exact) mass is 473 g/mol. The van der Waals surface area contributed by atoms with Gasteiger partial charge in [0.05, 0.1) is 0 Å². The Morgan fingerprint density at radius 3 is 2.24 bits per heavy atom. The lowest BCUT2D eigenvalue weighted by Crippen LogP contribution is -2.25. The van der Waals surface area contributed by atoms with Gasteiger partial charge in [-0.2, -0.15) is 4.98 Å². The van der Waals surface area contributed by atoms with Crippen molar-refractivity contribution in [2.45, 2.75) is 77.7 Å². The molecule has 188 valence electrons. The molecule has 0 radical (unpaired) electrons. The zero-order chi connectivity index (χ0) is 24.4. The maximum absolute atomic E-state index is 13.1. The number of unbranched alkanes of at least 4 members (excludes halogenated alkanes) is 8. The minimum absolute atomic E-state index is 0.270. The van der Waals surface area contributed by atoms with E-state index >= 15 is 0 Å². The van der Waals surface area contributed by atoms with Gasteiger partial charge in [0.1, 0.15) is 17.2 Å². The smallest absolute Gasteiger partial charge is 0.256 e. The number of anilines is 2. The zero-order valence-electron chi connectivity index (χ0n) is 20.4. The second-order valence-electron chi connectivity index (χ2n) is 8.52. The number of aliphatic hydroxyl groups is 1. The summed E-state index contributed by atoms with van der Waals surface area (Å²) in [4.78, 5) is 21.6. The summed E-state index contributed by atoms with van der Waals surface area (Å²) in [6.45, 7) is 4.22. The topological polar surface area (TPSA) is 99.2 Å². The lowest BCUT2D eigenvalue weighted by Gasteiger charge is -2.13. The SMILES string of the molecule is CCCCNc1nc(NCCCCCCCCCCO)ncc1C(=O)NCc1ccc(F)cc1. The maximum Gasteiger partial charge on any atom is 0.256 e. The van der Waals surface area contributed by atoms with Gasteiger partial charge in [-0.05, 0) is 37.0 Å². The number of hydrogen-bond acceptors (Lipinski definition) is 6. The van der Waals surface area contributed by atoms with Gasteiger partial charge in [0.25, 0.3) is 5.91 Å². The van der Waals surface area contributed by atoms with Crippen LogP contribution in [-0.4, -0.2) is 40.7 Å². The van der Waals surface area contributed by atoms with Gasteiger partial charge in [-0.3, -0.25) is 4.79 Å². The van der Waals surface area contributed by atoms with Crippen molar-refractivity contribution in [3.8, 4) is 0 Å².